The Morgan fingerprint density at radius 1 is 1.00 bits per heavy atom. The van der Waals surface area contributed by atoms with Crippen molar-refractivity contribution in [2.24, 2.45) is 0 Å². The smallest absolute Gasteiger partial charge is 0.335 e. The van der Waals surface area contributed by atoms with Crippen LogP contribution < -0.4 is 19.7 Å². The minimum atomic E-state index is -0.850. The van der Waals surface area contributed by atoms with Crippen LogP contribution in [0.15, 0.2) is 79.0 Å². The summed E-state index contributed by atoms with van der Waals surface area (Å²) in [6, 6.07) is 15.0. The average Bonchev–Trinajstić information content (AvgIpc) is 3.37. The molecule has 8 nitrogen and oxygen atoms in total. The second kappa shape index (κ2) is 8.21. The molecule has 0 radical (unpaired) electrons. The van der Waals surface area contributed by atoms with E-state index >= 15 is 0 Å². The van der Waals surface area contributed by atoms with Gasteiger partial charge in [0.05, 0.1) is 10.2 Å². The number of hydrogen-bond acceptors (Lipinski definition) is 7. The number of furan rings is 1. The van der Waals surface area contributed by atoms with Crippen molar-refractivity contribution in [1.29, 1.82) is 0 Å². The SMILES string of the molecule is O=C1NC(=O)N(c2ccc3c(c2)OCO3)C(=O)/C1=C/c1cc(Br)c(Sc2ccccc2)o1. The molecule has 5 rings (SSSR count). The molecule has 0 saturated carbocycles. The Labute approximate surface area is 194 Å². The molecule has 2 aliphatic rings. The maximum Gasteiger partial charge on any atom is 0.335 e. The van der Waals surface area contributed by atoms with Crippen molar-refractivity contribution in [2.45, 2.75) is 9.99 Å². The first-order valence-corrected chi connectivity index (χ1v) is 10.9. The lowest BCUT2D eigenvalue weighted by atomic mass is 10.1. The molecule has 3 aromatic rings. The van der Waals surface area contributed by atoms with E-state index in [0.717, 1.165) is 9.80 Å². The number of halogens is 1. The molecule has 1 saturated heterocycles. The predicted molar refractivity (Wildman–Crippen MR) is 119 cm³/mol. The van der Waals surface area contributed by atoms with Gasteiger partial charge in [0.1, 0.15) is 11.3 Å². The Kier molecular flexibility index (Phi) is 5.24. The topological polar surface area (TPSA) is 98.1 Å². The molecule has 0 spiro atoms. The van der Waals surface area contributed by atoms with Gasteiger partial charge < -0.3 is 13.9 Å². The number of barbiturate groups is 1. The molecule has 0 atom stereocenters. The van der Waals surface area contributed by atoms with Crippen molar-refractivity contribution in [3.63, 3.8) is 0 Å². The summed E-state index contributed by atoms with van der Waals surface area (Å²) in [6.07, 6.45) is 1.31. The van der Waals surface area contributed by atoms with Crippen LogP contribution in [0.4, 0.5) is 10.5 Å². The van der Waals surface area contributed by atoms with Gasteiger partial charge >= 0.3 is 6.03 Å². The van der Waals surface area contributed by atoms with Gasteiger partial charge in [0.2, 0.25) is 6.79 Å². The summed E-state index contributed by atoms with van der Waals surface area (Å²) in [7, 11) is 0. The third kappa shape index (κ3) is 3.78. The second-order valence-electron chi connectivity index (χ2n) is 6.69. The number of amides is 4. The molecule has 2 aromatic carbocycles. The maximum absolute atomic E-state index is 13.1. The predicted octanol–water partition coefficient (Wildman–Crippen LogP) is 4.59. The van der Waals surface area contributed by atoms with Gasteiger partial charge in [-0.05, 0) is 52.3 Å². The van der Waals surface area contributed by atoms with E-state index < -0.39 is 17.8 Å². The summed E-state index contributed by atoms with van der Waals surface area (Å²) >= 11 is 4.83. The number of hydrogen-bond donors (Lipinski definition) is 1. The van der Waals surface area contributed by atoms with Crippen LogP contribution in [-0.2, 0) is 9.59 Å². The number of carbonyl (C=O) groups excluding carboxylic acids is 3. The van der Waals surface area contributed by atoms with Crippen molar-refractivity contribution >= 4 is 57.3 Å². The van der Waals surface area contributed by atoms with Crippen LogP contribution in [0.5, 0.6) is 11.5 Å². The Hall–Kier alpha value is -3.50. The Morgan fingerprint density at radius 3 is 2.59 bits per heavy atom. The normalized spacial score (nSPS) is 16.6. The summed E-state index contributed by atoms with van der Waals surface area (Å²) in [5.74, 6) is -0.379. The quantitative estimate of drug-likeness (QED) is 0.403. The molecular formula is C22H13BrN2O6S. The van der Waals surface area contributed by atoms with E-state index in [-0.39, 0.29) is 23.8 Å². The summed E-state index contributed by atoms with van der Waals surface area (Å²) in [5, 5.41) is 2.75. The largest absolute Gasteiger partial charge is 0.454 e. The standard InChI is InChI=1S/C22H13BrN2O6S/c23-16-10-13(31-21(16)32-14-4-2-1-3-5-14)9-15-19(26)24-22(28)25(20(15)27)12-6-7-17-18(8-12)30-11-29-17/h1-10H,11H2,(H,24,26,28)/b15-9+. The lowest BCUT2D eigenvalue weighted by Gasteiger charge is -2.26. The molecule has 0 aliphatic carbocycles. The van der Waals surface area contributed by atoms with Crippen molar-refractivity contribution in [2.75, 3.05) is 11.7 Å². The van der Waals surface area contributed by atoms with Crippen LogP contribution in [0, 0.1) is 0 Å². The van der Waals surface area contributed by atoms with Crippen molar-refractivity contribution < 1.29 is 28.3 Å². The van der Waals surface area contributed by atoms with Crippen LogP contribution in [0.2, 0.25) is 0 Å². The number of rotatable bonds is 4. The molecule has 4 amide bonds. The molecule has 0 bridgehead atoms. The number of urea groups is 1. The van der Waals surface area contributed by atoms with E-state index in [0.29, 0.717) is 21.1 Å². The molecule has 1 N–H and O–H groups in total. The molecule has 1 fully saturated rings. The monoisotopic (exact) mass is 512 g/mol. The van der Waals surface area contributed by atoms with Crippen LogP contribution in [0.1, 0.15) is 5.76 Å². The number of carbonyl (C=O) groups is 3. The zero-order valence-electron chi connectivity index (χ0n) is 16.2. The van der Waals surface area contributed by atoms with Crippen molar-refractivity contribution in [3.05, 3.63) is 70.4 Å². The highest BCUT2D eigenvalue weighted by Gasteiger charge is 2.37. The Balaban J connectivity index is 1.45. The minimum Gasteiger partial charge on any atom is -0.454 e. The van der Waals surface area contributed by atoms with Crippen LogP contribution in [-0.4, -0.2) is 24.6 Å². The summed E-state index contributed by atoms with van der Waals surface area (Å²) < 4.78 is 17.1. The number of nitrogens with one attached hydrogen (secondary N) is 1. The van der Waals surface area contributed by atoms with Gasteiger partial charge in [-0.25, -0.2) is 9.69 Å². The molecular weight excluding hydrogens is 500 g/mol. The first-order valence-electron chi connectivity index (χ1n) is 9.33. The maximum atomic E-state index is 13.1. The van der Waals surface area contributed by atoms with E-state index in [2.05, 4.69) is 21.2 Å². The zero-order chi connectivity index (χ0) is 22.2. The van der Waals surface area contributed by atoms with Gasteiger partial charge in [-0.2, -0.15) is 0 Å². The Morgan fingerprint density at radius 2 is 1.78 bits per heavy atom. The lowest BCUT2D eigenvalue weighted by molar-refractivity contribution is -0.122. The van der Waals surface area contributed by atoms with Gasteiger partial charge in [-0.1, -0.05) is 30.0 Å². The number of nitrogens with zero attached hydrogens (tertiary/aromatic N) is 1. The Bertz CT molecular complexity index is 1290. The number of fused-ring (bicyclic) bond motifs is 1. The van der Waals surface area contributed by atoms with E-state index in [4.69, 9.17) is 13.9 Å². The molecule has 10 heteroatoms. The lowest BCUT2D eigenvalue weighted by Crippen LogP contribution is -2.54. The van der Waals surface area contributed by atoms with Crippen LogP contribution >= 0.6 is 27.7 Å². The van der Waals surface area contributed by atoms with E-state index in [1.807, 2.05) is 30.3 Å². The first kappa shape index (κ1) is 20.4. The third-order valence-electron chi connectivity index (χ3n) is 4.63. The fraction of sp³-hybridized carbons (Fsp3) is 0.0455. The number of ether oxygens (including phenoxy) is 2. The van der Waals surface area contributed by atoms with Gasteiger partial charge in [0.25, 0.3) is 11.8 Å². The minimum absolute atomic E-state index is 0.0548. The molecule has 32 heavy (non-hydrogen) atoms. The highest BCUT2D eigenvalue weighted by atomic mass is 79.9. The summed E-state index contributed by atoms with van der Waals surface area (Å²) in [4.78, 5) is 39.7. The van der Waals surface area contributed by atoms with Gasteiger partial charge in [0, 0.05) is 11.0 Å². The highest BCUT2D eigenvalue weighted by Crippen LogP contribution is 2.38. The molecule has 2 aliphatic heterocycles. The van der Waals surface area contributed by atoms with Crippen molar-refractivity contribution in [3.8, 4) is 11.5 Å². The zero-order valence-corrected chi connectivity index (χ0v) is 18.6. The molecule has 3 heterocycles. The van der Waals surface area contributed by atoms with E-state index in [1.54, 1.807) is 12.1 Å². The summed E-state index contributed by atoms with van der Waals surface area (Å²) in [5.41, 5.74) is 0.0101. The number of anilines is 1. The average molecular weight is 513 g/mol. The highest BCUT2D eigenvalue weighted by molar-refractivity contribution is 9.10. The number of benzene rings is 2. The molecule has 1 aromatic heterocycles. The fourth-order valence-corrected chi connectivity index (χ4v) is 4.51. The van der Waals surface area contributed by atoms with Gasteiger partial charge in [0.15, 0.2) is 16.6 Å². The van der Waals surface area contributed by atoms with Crippen LogP contribution in [0.25, 0.3) is 6.08 Å². The number of imide groups is 2. The van der Waals surface area contributed by atoms with E-state index in [9.17, 15) is 14.4 Å². The first-order chi connectivity index (χ1) is 15.5. The van der Waals surface area contributed by atoms with Gasteiger partial charge in [-0.15, -0.1) is 0 Å². The summed E-state index contributed by atoms with van der Waals surface area (Å²) in [6.45, 7) is 0.0548. The fourth-order valence-electron chi connectivity index (χ4n) is 3.16. The molecule has 160 valence electrons. The third-order valence-corrected chi connectivity index (χ3v) is 6.48. The van der Waals surface area contributed by atoms with Gasteiger partial charge in [-0.3, -0.25) is 14.9 Å². The van der Waals surface area contributed by atoms with Crippen molar-refractivity contribution in [1.82, 2.24) is 5.32 Å². The molecule has 0 unspecified atom stereocenters. The van der Waals surface area contributed by atoms with Crippen LogP contribution in [0.3, 0.4) is 0 Å². The van der Waals surface area contributed by atoms with E-state index in [1.165, 1.54) is 30.0 Å². The second-order valence-corrected chi connectivity index (χ2v) is 8.60.